The van der Waals surface area contributed by atoms with Crippen LogP contribution >= 0.6 is 11.3 Å². The predicted molar refractivity (Wildman–Crippen MR) is 71.4 cm³/mol. The topological polar surface area (TPSA) is 65.5 Å². The zero-order valence-electron chi connectivity index (χ0n) is 9.97. The van der Waals surface area contributed by atoms with Gasteiger partial charge in [0.15, 0.2) is 5.13 Å². The number of amides is 1. The Balaban J connectivity index is 1.79. The third-order valence-corrected chi connectivity index (χ3v) is 4.20. The second-order valence-electron chi connectivity index (χ2n) is 4.49. The Morgan fingerprint density at radius 2 is 2.42 bits per heavy atom. The molecule has 100 valence electrons. The largest absolute Gasteiger partial charge is 0.465 e. The van der Waals surface area contributed by atoms with Crippen LogP contribution in [0.3, 0.4) is 0 Å². The van der Waals surface area contributed by atoms with Crippen molar-refractivity contribution in [2.75, 3.05) is 18.0 Å². The molecule has 0 bridgehead atoms. The van der Waals surface area contributed by atoms with Crippen molar-refractivity contribution in [1.82, 2.24) is 10.3 Å². The first-order chi connectivity index (χ1) is 9.11. The Morgan fingerprint density at radius 1 is 1.58 bits per heavy atom. The minimum Gasteiger partial charge on any atom is -0.465 e. The van der Waals surface area contributed by atoms with Crippen LogP contribution in [0.5, 0.6) is 0 Å². The maximum absolute atomic E-state index is 13.1. The molecular formula is C12H12FN3O2S. The van der Waals surface area contributed by atoms with Crippen molar-refractivity contribution in [1.29, 1.82) is 0 Å². The van der Waals surface area contributed by atoms with E-state index in [0.29, 0.717) is 6.54 Å². The molecule has 0 saturated carbocycles. The zero-order valence-corrected chi connectivity index (χ0v) is 10.8. The number of aromatic nitrogens is 1. The molecule has 1 aromatic heterocycles. The van der Waals surface area contributed by atoms with Crippen molar-refractivity contribution < 1.29 is 14.3 Å². The van der Waals surface area contributed by atoms with Gasteiger partial charge in [-0.05, 0) is 24.6 Å². The molecule has 2 heterocycles. The van der Waals surface area contributed by atoms with Gasteiger partial charge in [-0.2, -0.15) is 0 Å². The van der Waals surface area contributed by atoms with Crippen molar-refractivity contribution in [2.24, 2.45) is 0 Å². The number of fused-ring (bicyclic) bond motifs is 1. The lowest BCUT2D eigenvalue weighted by atomic mass is 10.3. The molecule has 2 aromatic rings. The molecule has 1 saturated heterocycles. The molecule has 3 rings (SSSR count). The second-order valence-corrected chi connectivity index (χ2v) is 5.50. The van der Waals surface area contributed by atoms with Crippen LogP contribution in [0.2, 0.25) is 0 Å². The summed E-state index contributed by atoms with van der Waals surface area (Å²) in [6.07, 6.45) is -0.241. The molecule has 7 heteroatoms. The molecule has 1 aromatic carbocycles. The van der Waals surface area contributed by atoms with Crippen LogP contribution in [0.4, 0.5) is 14.3 Å². The first kappa shape index (κ1) is 12.2. The molecule has 0 unspecified atom stereocenters. The smallest absolute Gasteiger partial charge is 0.404 e. The highest BCUT2D eigenvalue weighted by atomic mass is 32.1. The predicted octanol–water partition coefficient (Wildman–Crippen LogP) is 2.28. The number of hydrogen-bond acceptors (Lipinski definition) is 4. The zero-order chi connectivity index (χ0) is 13.4. The van der Waals surface area contributed by atoms with Gasteiger partial charge in [-0.25, -0.2) is 14.2 Å². The normalized spacial score (nSPS) is 19.0. The summed E-state index contributed by atoms with van der Waals surface area (Å²) in [5.74, 6) is -0.269. The third-order valence-electron chi connectivity index (χ3n) is 3.13. The minimum atomic E-state index is -1.00. The number of thiazole rings is 1. The fraction of sp³-hybridized carbons (Fsp3) is 0.333. The van der Waals surface area contributed by atoms with Crippen molar-refractivity contribution in [3.8, 4) is 0 Å². The molecule has 2 N–H and O–H groups in total. The molecule has 1 fully saturated rings. The third kappa shape index (κ3) is 2.46. The molecule has 1 aliphatic rings. The Labute approximate surface area is 112 Å². The van der Waals surface area contributed by atoms with Crippen molar-refractivity contribution in [3.63, 3.8) is 0 Å². The number of carboxylic acid groups (broad SMARTS) is 1. The van der Waals surface area contributed by atoms with Crippen LogP contribution in [0.1, 0.15) is 6.42 Å². The van der Waals surface area contributed by atoms with Gasteiger partial charge in [0.05, 0.1) is 16.3 Å². The summed E-state index contributed by atoms with van der Waals surface area (Å²) >= 11 is 1.43. The standard InChI is InChI=1S/C12H12FN3O2S/c13-7-1-2-9-10(5-7)19-11(15-9)16-4-3-8(6-16)14-12(17)18/h1-2,5,8,14H,3-4,6H2,(H,17,18)/t8-/m1/s1. The van der Waals surface area contributed by atoms with Crippen LogP contribution in [0, 0.1) is 5.82 Å². The molecule has 0 spiro atoms. The van der Waals surface area contributed by atoms with E-state index in [9.17, 15) is 9.18 Å². The number of nitrogens with one attached hydrogen (secondary N) is 1. The Hall–Kier alpha value is -1.89. The molecule has 1 atom stereocenters. The summed E-state index contributed by atoms with van der Waals surface area (Å²) in [5.41, 5.74) is 0.774. The van der Waals surface area contributed by atoms with E-state index in [2.05, 4.69) is 10.3 Å². The molecule has 19 heavy (non-hydrogen) atoms. The van der Waals surface area contributed by atoms with Gasteiger partial charge in [0.2, 0.25) is 0 Å². The van der Waals surface area contributed by atoms with Crippen LogP contribution in [0.15, 0.2) is 18.2 Å². The summed E-state index contributed by atoms with van der Waals surface area (Å²) in [5, 5.41) is 12.0. The molecule has 0 radical (unpaired) electrons. The Bertz CT molecular complexity index is 630. The number of anilines is 1. The number of hydrogen-bond donors (Lipinski definition) is 2. The molecule has 5 nitrogen and oxygen atoms in total. The fourth-order valence-corrected chi connectivity index (χ4v) is 3.27. The van der Waals surface area contributed by atoms with Gasteiger partial charge >= 0.3 is 6.09 Å². The Morgan fingerprint density at radius 3 is 3.21 bits per heavy atom. The van der Waals surface area contributed by atoms with Gasteiger partial charge in [0.25, 0.3) is 0 Å². The summed E-state index contributed by atoms with van der Waals surface area (Å²) in [7, 11) is 0. The maximum Gasteiger partial charge on any atom is 0.404 e. The van der Waals surface area contributed by atoms with E-state index in [4.69, 9.17) is 5.11 Å². The molecule has 1 aliphatic heterocycles. The monoisotopic (exact) mass is 281 g/mol. The first-order valence-corrected chi connectivity index (χ1v) is 6.74. The number of carbonyl (C=O) groups is 1. The minimum absolute atomic E-state index is 0.0683. The maximum atomic E-state index is 13.1. The van der Waals surface area contributed by atoms with E-state index in [1.54, 1.807) is 6.07 Å². The SMILES string of the molecule is O=C(O)N[C@@H]1CCN(c2nc3ccc(F)cc3s2)C1. The number of halogens is 1. The van der Waals surface area contributed by atoms with E-state index in [1.165, 1.54) is 23.5 Å². The van der Waals surface area contributed by atoms with Crippen molar-refractivity contribution >= 4 is 32.8 Å². The quantitative estimate of drug-likeness (QED) is 0.886. The highest BCUT2D eigenvalue weighted by molar-refractivity contribution is 7.22. The summed E-state index contributed by atoms with van der Waals surface area (Å²) in [4.78, 5) is 17.1. The van der Waals surface area contributed by atoms with Crippen LogP contribution in [-0.2, 0) is 0 Å². The second kappa shape index (κ2) is 4.65. The van der Waals surface area contributed by atoms with E-state index in [0.717, 1.165) is 28.3 Å². The summed E-state index contributed by atoms with van der Waals surface area (Å²) in [6.45, 7) is 1.36. The molecule has 0 aliphatic carbocycles. The average Bonchev–Trinajstić information content (AvgIpc) is 2.93. The van der Waals surface area contributed by atoms with Gasteiger partial charge in [0, 0.05) is 13.1 Å². The number of rotatable bonds is 2. The lowest BCUT2D eigenvalue weighted by Crippen LogP contribution is -2.35. The highest BCUT2D eigenvalue weighted by Crippen LogP contribution is 2.31. The average molecular weight is 281 g/mol. The lowest BCUT2D eigenvalue weighted by molar-refractivity contribution is 0.191. The van der Waals surface area contributed by atoms with Gasteiger partial charge in [-0.3, -0.25) is 0 Å². The van der Waals surface area contributed by atoms with E-state index < -0.39 is 6.09 Å². The van der Waals surface area contributed by atoms with Crippen molar-refractivity contribution in [2.45, 2.75) is 12.5 Å². The van der Waals surface area contributed by atoms with Crippen LogP contribution in [-0.4, -0.2) is 35.3 Å². The van der Waals surface area contributed by atoms with E-state index in [1.807, 2.05) is 4.90 Å². The van der Waals surface area contributed by atoms with Crippen molar-refractivity contribution in [3.05, 3.63) is 24.0 Å². The van der Waals surface area contributed by atoms with Crippen LogP contribution < -0.4 is 10.2 Å². The number of nitrogens with zero attached hydrogens (tertiary/aromatic N) is 2. The highest BCUT2D eigenvalue weighted by Gasteiger charge is 2.25. The number of benzene rings is 1. The fourth-order valence-electron chi connectivity index (χ4n) is 2.25. The van der Waals surface area contributed by atoms with Gasteiger partial charge in [0.1, 0.15) is 5.82 Å². The summed E-state index contributed by atoms with van der Waals surface area (Å²) in [6, 6.07) is 4.46. The van der Waals surface area contributed by atoms with E-state index >= 15 is 0 Å². The van der Waals surface area contributed by atoms with Gasteiger partial charge < -0.3 is 15.3 Å². The lowest BCUT2D eigenvalue weighted by Gasteiger charge is -2.14. The first-order valence-electron chi connectivity index (χ1n) is 5.92. The van der Waals surface area contributed by atoms with Crippen LogP contribution in [0.25, 0.3) is 10.2 Å². The van der Waals surface area contributed by atoms with Gasteiger partial charge in [-0.1, -0.05) is 11.3 Å². The van der Waals surface area contributed by atoms with E-state index in [-0.39, 0.29) is 11.9 Å². The van der Waals surface area contributed by atoms with Gasteiger partial charge in [-0.15, -0.1) is 0 Å². The Kier molecular flexibility index (Phi) is 2.98. The molecule has 1 amide bonds. The summed E-state index contributed by atoms with van der Waals surface area (Å²) < 4.78 is 13.9. The molecular weight excluding hydrogens is 269 g/mol.